The van der Waals surface area contributed by atoms with E-state index in [0.717, 1.165) is 11.3 Å². The number of benzene rings is 1. The number of aromatic nitrogens is 2. The number of fused-ring (bicyclic) bond motifs is 1. The van der Waals surface area contributed by atoms with Gasteiger partial charge in [0, 0.05) is 11.8 Å². The third-order valence-electron chi connectivity index (χ3n) is 3.11. The smallest absolute Gasteiger partial charge is 0.335 e. The lowest BCUT2D eigenvalue weighted by Crippen LogP contribution is -1.98. The summed E-state index contributed by atoms with van der Waals surface area (Å²) in [5.74, 6) is -0.942. The zero-order chi connectivity index (χ0) is 13.4. The first-order valence-electron chi connectivity index (χ1n) is 5.92. The number of rotatable bonds is 2. The Morgan fingerprint density at radius 2 is 1.95 bits per heavy atom. The maximum absolute atomic E-state index is 10.9. The molecule has 0 spiro atoms. The number of carboxylic acid groups (broad SMARTS) is 1. The second-order valence-corrected chi connectivity index (χ2v) is 4.46. The highest BCUT2D eigenvalue weighted by Crippen LogP contribution is 2.21. The Hall–Kier alpha value is -2.62. The summed E-state index contributed by atoms with van der Waals surface area (Å²) in [6.45, 7) is 2.04. The molecule has 2 heterocycles. The normalized spacial score (nSPS) is 10.8. The molecule has 1 N–H and O–H groups in total. The lowest BCUT2D eigenvalue weighted by Gasteiger charge is -2.03. The van der Waals surface area contributed by atoms with E-state index in [-0.39, 0.29) is 5.56 Å². The van der Waals surface area contributed by atoms with Crippen molar-refractivity contribution in [2.24, 2.45) is 0 Å². The summed E-state index contributed by atoms with van der Waals surface area (Å²) >= 11 is 0. The van der Waals surface area contributed by atoms with Crippen molar-refractivity contribution >= 4 is 11.6 Å². The molecule has 3 aromatic rings. The lowest BCUT2D eigenvalue weighted by atomic mass is 10.1. The third kappa shape index (κ3) is 1.97. The van der Waals surface area contributed by atoms with E-state index in [4.69, 9.17) is 5.11 Å². The molecule has 0 atom stereocenters. The molecule has 0 amide bonds. The van der Waals surface area contributed by atoms with Gasteiger partial charge in [-0.05, 0) is 19.1 Å². The Morgan fingerprint density at radius 1 is 1.21 bits per heavy atom. The molecule has 0 aliphatic rings. The van der Waals surface area contributed by atoms with Gasteiger partial charge in [0.25, 0.3) is 0 Å². The lowest BCUT2D eigenvalue weighted by molar-refractivity contribution is 0.0697. The Kier molecular flexibility index (Phi) is 2.56. The fourth-order valence-corrected chi connectivity index (χ4v) is 2.05. The van der Waals surface area contributed by atoms with Gasteiger partial charge in [0.15, 0.2) is 0 Å². The zero-order valence-corrected chi connectivity index (χ0v) is 10.4. The summed E-state index contributed by atoms with van der Waals surface area (Å²) in [5.41, 5.74) is 4.09. The average Bonchev–Trinajstić information content (AvgIpc) is 2.82. The first-order chi connectivity index (χ1) is 9.15. The van der Waals surface area contributed by atoms with Crippen molar-refractivity contribution in [1.82, 2.24) is 9.38 Å². The Labute approximate surface area is 110 Å². The van der Waals surface area contributed by atoms with Gasteiger partial charge in [-0.2, -0.15) is 0 Å². The maximum Gasteiger partial charge on any atom is 0.335 e. The zero-order valence-electron chi connectivity index (χ0n) is 10.4. The summed E-state index contributed by atoms with van der Waals surface area (Å²) in [6.07, 6.45) is 3.49. The van der Waals surface area contributed by atoms with Crippen molar-refractivity contribution in [3.63, 3.8) is 0 Å². The average molecular weight is 252 g/mol. The van der Waals surface area contributed by atoms with Gasteiger partial charge >= 0.3 is 5.97 Å². The summed E-state index contributed by atoms with van der Waals surface area (Å²) in [4.78, 5) is 15.2. The molecule has 1 aromatic carbocycles. The number of nitrogens with zero attached hydrogens (tertiary/aromatic N) is 2. The van der Waals surface area contributed by atoms with Crippen LogP contribution in [0.5, 0.6) is 0 Å². The minimum Gasteiger partial charge on any atom is -0.478 e. The summed E-state index contributed by atoms with van der Waals surface area (Å²) in [6, 6.07) is 11.3. The van der Waals surface area contributed by atoms with Crippen LogP contribution in [0.25, 0.3) is 16.9 Å². The molecule has 19 heavy (non-hydrogen) atoms. The van der Waals surface area contributed by atoms with Gasteiger partial charge < -0.3 is 5.11 Å². The predicted molar refractivity (Wildman–Crippen MR) is 72.3 cm³/mol. The number of carbonyl (C=O) groups is 1. The molecule has 0 saturated carbocycles. The highest BCUT2D eigenvalue weighted by Gasteiger charge is 2.08. The molecule has 2 aromatic heterocycles. The van der Waals surface area contributed by atoms with Crippen LogP contribution in [0.2, 0.25) is 0 Å². The number of carboxylic acids is 1. The minimum atomic E-state index is -0.942. The number of aromatic carboxylic acids is 1. The van der Waals surface area contributed by atoms with Gasteiger partial charge in [0.2, 0.25) is 0 Å². The van der Waals surface area contributed by atoms with Gasteiger partial charge in [-0.25, -0.2) is 9.78 Å². The van der Waals surface area contributed by atoms with Crippen LogP contribution in [0.15, 0.2) is 48.8 Å². The van der Waals surface area contributed by atoms with Crippen LogP contribution in [-0.2, 0) is 0 Å². The maximum atomic E-state index is 10.9. The number of imidazole rings is 1. The Morgan fingerprint density at radius 3 is 2.63 bits per heavy atom. The summed E-state index contributed by atoms with van der Waals surface area (Å²) in [7, 11) is 0. The number of aryl methyl sites for hydroxylation is 1. The van der Waals surface area contributed by atoms with Gasteiger partial charge in [-0.3, -0.25) is 4.40 Å². The molecule has 0 aliphatic carbocycles. The molecule has 3 rings (SSSR count). The van der Waals surface area contributed by atoms with E-state index in [2.05, 4.69) is 4.98 Å². The second-order valence-electron chi connectivity index (χ2n) is 4.46. The van der Waals surface area contributed by atoms with Crippen molar-refractivity contribution in [2.45, 2.75) is 6.92 Å². The fourth-order valence-electron chi connectivity index (χ4n) is 2.05. The van der Waals surface area contributed by atoms with E-state index in [9.17, 15) is 4.79 Å². The van der Waals surface area contributed by atoms with Gasteiger partial charge in [0.1, 0.15) is 5.65 Å². The summed E-state index contributed by atoms with van der Waals surface area (Å²) < 4.78 is 1.89. The van der Waals surface area contributed by atoms with E-state index in [0.29, 0.717) is 5.65 Å². The highest BCUT2D eigenvalue weighted by molar-refractivity contribution is 5.88. The molecule has 4 nitrogen and oxygen atoms in total. The quantitative estimate of drug-likeness (QED) is 0.762. The van der Waals surface area contributed by atoms with Crippen molar-refractivity contribution in [1.29, 1.82) is 0 Å². The Balaban J connectivity index is 2.15. The van der Waals surface area contributed by atoms with Crippen molar-refractivity contribution < 1.29 is 9.90 Å². The second kappa shape index (κ2) is 4.24. The predicted octanol–water partition coefficient (Wildman–Crippen LogP) is 3.01. The van der Waals surface area contributed by atoms with E-state index in [1.54, 1.807) is 24.5 Å². The standard InChI is InChI=1S/C15H12N2O2/c1-10-2-4-11(5-3-10)13-9-16-14-8-12(15(18)19)6-7-17(13)14/h2-9H,1H3,(H,18,19). The Bertz CT molecular complexity index is 757. The molecule has 0 saturated heterocycles. The van der Waals surface area contributed by atoms with Crippen LogP contribution in [0, 0.1) is 6.92 Å². The third-order valence-corrected chi connectivity index (χ3v) is 3.11. The van der Waals surface area contributed by atoms with Gasteiger partial charge in [-0.1, -0.05) is 29.8 Å². The SMILES string of the molecule is Cc1ccc(-c2cnc3cc(C(=O)O)ccn23)cc1. The minimum absolute atomic E-state index is 0.244. The van der Waals surface area contributed by atoms with Gasteiger partial charge in [-0.15, -0.1) is 0 Å². The number of hydrogen-bond acceptors (Lipinski definition) is 2. The van der Waals surface area contributed by atoms with Crippen molar-refractivity contribution in [2.75, 3.05) is 0 Å². The van der Waals surface area contributed by atoms with Crippen LogP contribution in [0.3, 0.4) is 0 Å². The van der Waals surface area contributed by atoms with E-state index < -0.39 is 5.97 Å². The van der Waals surface area contributed by atoms with Crippen LogP contribution < -0.4 is 0 Å². The van der Waals surface area contributed by atoms with E-state index in [1.807, 2.05) is 35.6 Å². The largest absolute Gasteiger partial charge is 0.478 e. The van der Waals surface area contributed by atoms with Crippen LogP contribution in [0.4, 0.5) is 0 Å². The van der Waals surface area contributed by atoms with Crippen LogP contribution in [0.1, 0.15) is 15.9 Å². The van der Waals surface area contributed by atoms with Crippen molar-refractivity contribution in [3.8, 4) is 11.3 Å². The number of pyridine rings is 1. The van der Waals surface area contributed by atoms with Crippen LogP contribution >= 0.6 is 0 Å². The fraction of sp³-hybridized carbons (Fsp3) is 0.0667. The molecule has 0 aliphatic heterocycles. The first kappa shape index (κ1) is 11.5. The molecule has 0 fully saturated rings. The van der Waals surface area contributed by atoms with E-state index in [1.165, 1.54) is 5.56 Å². The van der Waals surface area contributed by atoms with Gasteiger partial charge in [0.05, 0.1) is 17.5 Å². The molecule has 94 valence electrons. The molecule has 0 unspecified atom stereocenters. The molecule has 0 radical (unpaired) electrons. The highest BCUT2D eigenvalue weighted by atomic mass is 16.4. The molecule has 0 bridgehead atoms. The van der Waals surface area contributed by atoms with Crippen LogP contribution in [-0.4, -0.2) is 20.5 Å². The number of hydrogen-bond donors (Lipinski definition) is 1. The molecule has 4 heteroatoms. The molecular formula is C15H12N2O2. The first-order valence-corrected chi connectivity index (χ1v) is 5.92. The van der Waals surface area contributed by atoms with Crippen molar-refractivity contribution in [3.05, 3.63) is 59.9 Å². The monoisotopic (exact) mass is 252 g/mol. The topological polar surface area (TPSA) is 54.6 Å². The molecular weight excluding hydrogens is 240 g/mol. The summed E-state index contributed by atoms with van der Waals surface area (Å²) in [5, 5.41) is 8.96. The van der Waals surface area contributed by atoms with E-state index >= 15 is 0 Å².